The molecule has 0 saturated carbocycles. The number of halogens is 1. The minimum absolute atomic E-state index is 0.217. The van der Waals surface area contributed by atoms with Crippen LogP contribution in [0.1, 0.15) is 32.3 Å². The molecule has 0 aromatic heterocycles. The lowest BCUT2D eigenvalue weighted by Gasteiger charge is -2.32. The smallest absolute Gasteiger partial charge is 0.0426 e. The number of anilines is 1. The summed E-state index contributed by atoms with van der Waals surface area (Å²) in [4.78, 5) is 4.92. The third kappa shape index (κ3) is 4.35. The van der Waals surface area contributed by atoms with Gasteiger partial charge in [-0.25, -0.2) is 0 Å². The van der Waals surface area contributed by atoms with Crippen molar-refractivity contribution in [3.05, 3.63) is 28.8 Å². The van der Waals surface area contributed by atoms with Crippen LogP contribution >= 0.6 is 11.6 Å². The van der Waals surface area contributed by atoms with Crippen molar-refractivity contribution in [3.8, 4) is 0 Å². The van der Waals surface area contributed by atoms with E-state index < -0.39 is 0 Å². The molecule has 1 aliphatic heterocycles. The van der Waals surface area contributed by atoms with Crippen LogP contribution in [0, 0.1) is 0 Å². The van der Waals surface area contributed by atoms with E-state index in [1.807, 2.05) is 6.07 Å². The standard InChI is InChI=1S/C17H28ClN3/c1-4-16(19)10-14-6-7-15(18)11-17(14)21-9-5-8-20(3)12-13(21)2/h6-7,11,13,16H,4-5,8-10,12,19H2,1-3H3. The SMILES string of the molecule is CCC(N)Cc1ccc(Cl)cc1N1CCCN(C)CC1C. The van der Waals surface area contributed by atoms with Gasteiger partial charge in [-0.05, 0) is 57.5 Å². The molecular formula is C17H28ClN3. The number of nitrogens with zero attached hydrogens (tertiary/aromatic N) is 2. The second-order valence-corrected chi connectivity index (χ2v) is 6.74. The Labute approximate surface area is 134 Å². The molecule has 0 aliphatic carbocycles. The summed E-state index contributed by atoms with van der Waals surface area (Å²) < 4.78 is 0. The number of hydrogen-bond acceptors (Lipinski definition) is 3. The fourth-order valence-electron chi connectivity index (χ4n) is 3.13. The zero-order valence-corrected chi connectivity index (χ0v) is 14.2. The Bertz CT molecular complexity index is 463. The lowest BCUT2D eigenvalue weighted by Crippen LogP contribution is -2.38. The fraction of sp³-hybridized carbons (Fsp3) is 0.647. The van der Waals surface area contributed by atoms with Gasteiger partial charge in [-0.1, -0.05) is 24.6 Å². The summed E-state index contributed by atoms with van der Waals surface area (Å²) >= 11 is 6.26. The van der Waals surface area contributed by atoms with E-state index in [4.69, 9.17) is 17.3 Å². The number of rotatable bonds is 4. The molecule has 4 heteroatoms. The highest BCUT2D eigenvalue weighted by Crippen LogP contribution is 2.29. The summed E-state index contributed by atoms with van der Waals surface area (Å²) in [5.41, 5.74) is 8.77. The third-order valence-electron chi connectivity index (χ3n) is 4.41. The average molecular weight is 310 g/mol. The molecule has 2 rings (SSSR count). The molecule has 1 aromatic carbocycles. The molecule has 21 heavy (non-hydrogen) atoms. The van der Waals surface area contributed by atoms with E-state index in [0.29, 0.717) is 6.04 Å². The van der Waals surface area contributed by atoms with E-state index >= 15 is 0 Å². The molecule has 2 unspecified atom stereocenters. The minimum Gasteiger partial charge on any atom is -0.367 e. The van der Waals surface area contributed by atoms with Crippen molar-refractivity contribution in [1.82, 2.24) is 4.90 Å². The van der Waals surface area contributed by atoms with Gasteiger partial charge < -0.3 is 15.5 Å². The van der Waals surface area contributed by atoms with Gasteiger partial charge in [-0.2, -0.15) is 0 Å². The summed E-state index contributed by atoms with van der Waals surface area (Å²) in [6.45, 7) is 7.77. The molecule has 2 atom stereocenters. The van der Waals surface area contributed by atoms with E-state index in [1.165, 1.54) is 17.7 Å². The Morgan fingerprint density at radius 1 is 1.38 bits per heavy atom. The first-order chi connectivity index (χ1) is 10.0. The van der Waals surface area contributed by atoms with Crippen molar-refractivity contribution >= 4 is 17.3 Å². The van der Waals surface area contributed by atoms with Crippen molar-refractivity contribution in [1.29, 1.82) is 0 Å². The molecule has 1 fully saturated rings. The van der Waals surface area contributed by atoms with Crippen LogP contribution in [0.3, 0.4) is 0 Å². The number of benzene rings is 1. The lowest BCUT2D eigenvalue weighted by atomic mass is 10.0. The maximum Gasteiger partial charge on any atom is 0.0426 e. The van der Waals surface area contributed by atoms with Crippen LogP contribution in [0.15, 0.2) is 18.2 Å². The van der Waals surface area contributed by atoms with Crippen molar-refractivity contribution in [2.45, 2.75) is 45.2 Å². The van der Waals surface area contributed by atoms with Gasteiger partial charge >= 0.3 is 0 Å². The molecule has 1 saturated heterocycles. The van der Waals surface area contributed by atoms with Gasteiger partial charge in [0.1, 0.15) is 0 Å². The molecule has 1 aromatic rings. The number of nitrogens with two attached hydrogens (primary N) is 1. The van der Waals surface area contributed by atoms with E-state index in [-0.39, 0.29) is 6.04 Å². The first kappa shape index (κ1) is 16.6. The predicted molar refractivity (Wildman–Crippen MR) is 92.3 cm³/mol. The van der Waals surface area contributed by atoms with Crippen LogP contribution in [0.4, 0.5) is 5.69 Å². The van der Waals surface area contributed by atoms with Crippen molar-refractivity contribution < 1.29 is 0 Å². The van der Waals surface area contributed by atoms with E-state index in [0.717, 1.165) is 37.5 Å². The molecule has 118 valence electrons. The molecule has 0 radical (unpaired) electrons. The highest BCUT2D eigenvalue weighted by molar-refractivity contribution is 6.30. The molecule has 0 bridgehead atoms. The maximum atomic E-state index is 6.26. The minimum atomic E-state index is 0.217. The van der Waals surface area contributed by atoms with Crippen molar-refractivity contribution in [2.24, 2.45) is 5.73 Å². The van der Waals surface area contributed by atoms with Gasteiger partial charge in [-0.15, -0.1) is 0 Å². The highest BCUT2D eigenvalue weighted by atomic mass is 35.5. The second-order valence-electron chi connectivity index (χ2n) is 6.30. The first-order valence-corrected chi connectivity index (χ1v) is 8.38. The van der Waals surface area contributed by atoms with Gasteiger partial charge in [0.2, 0.25) is 0 Å². The molecule has 1 heterocycles. The zero-order valence-electron chi connectivity index (χ0n) is 13.5. The molecule has 2 N–H and O–H groups in total. The van der Waals surface area contributed by atoms with E-state index in [2.05, 4.69) is 42.8 Å². The van der Waals surface area contributed by atoms with Gasteiger partial charge in [0.05, 0.1) is 0 Å². The summed E-state index contributed by atoms with van der Waals surface area (Å²) in [6, 6.07) is 6.95. The Balaban J connectivity index is 2.29. The Kier molecular flexibility index (Phi) is 5.91. The maximum absolute atomic E-state index is 6.26. The molecule has 3 nitrogen and oxygen atoms in total. The van der Waals surface area contributed by atoms with Crippen LogP contribution in [-0.2, 0) is 6.42 Å². The van der Waals surface area contributed by atoms with Crippen molar-refractivity contribution in [3.63, 3.8) is 0 Å². The van der Waals surface area contributed by atoms with Gasteiger partial charge in [0, 0.05) is 35.9 Å². The van der Waals surface area contributed by atoms with Crippen LogP contribution in [0.25, 0.3) is 0 Å². The molecule has 0 amide bonds. The van der Waals surface area contributed by atoms with Crippen molar-refractivity contribution in [2.75, 3.05) is 31.6 Å². The summed E-state index contributed by atoms with van der Waals surface area (Å²) in [7, 11) is 2.20. The average Bonchev–Trinajstić information content (AvgIpc) is 2.61. The third-order valence-corrected chi connectivity index (χ3v) is 4.65. The van der Waals surface area contributed by atoms with E-state index in [1.54, 1.807) is 0 Å². The zero-order chi connectivity index (χ0) is 15.4. The largest absolute Gasteiger partial charge is 0.367 e. The van der Waals surface area contributed by atoms with Gasteiger partial charge in [0.15, 0.2) is 0 Å². The monoisotopic (exact) mass is 309 g/mol. The van der Waals surface area contributed by atoms with Crippen LogP contribution in [0.2, 0.25) is 5.02 Å². The van der Waals surface area contributed by atoms with Gasteiger partial charge in [-0.3, -0.25) is 0 Å². The topological polar surface area (TPSA) is 32.5 Å². The van der Waals surface area contributed by atoms with Crippen LogP contribution in [-0.4, -0.2) is 43.7 Å². The predicted octanol–water partition coefficient (Wildman–Crippen LogP) is 3.15. The quantitative estimate of drug-likeness (QED) is 0.927. The molecular weight excluding hydrogens is 282 g/mol. The summed E-state index contributed by atoms with van der Waals surface area (Å²) in [6.07, 6.45) is 3.11. The Hall–Kier alpha value is -0.770. The fourth-order valence-corrected chi connectivity index (χ4v) is 3.30. The second kappa shape index (κ2) is 7.48. The first-order valence-electron chi connectivity index (χ1n) is 8.00. The molecule has 1 aliphatic rings. The summed E-state index contributed by atoms with van der Waals surface area (Å²) in [5, 5.41) is 0.809. The number of hydrogen-bond donors (Lipinski definition) is 1. The highest BCUT2D eigenvalue weighted by Gasteiger charge is 2.22. The Morgan fingerprint density at radius 2 is 2.14 bits per heavy atom. The number of likely N-dealkylation sites (N-methyl/N-ethyl adjacent to an activating group) is 1. The Morgan fingerprint density at radius 3 is 2.86 bits per heavy atom. The van der Waals surface area contributed by atoms with Gasteiger partial charge in [0.25, 0.3) is 0 Å². The summed E-state index contributed by atoms with van der Waals surface area (Å²) in [5.74, 6) is 0. The van der Waals surface area contributed by atoms with E-state index in [9.17, 15) is 0 Å². The van der Waals surface area contributed by atoms with Crippen LogP contribution < -0.4 is 10.6 Å². The lowest BCUT2D eigenvalue weighted by molar-refractivity contribution is 0.337. The normalized spacial score (nSPS) is 22.1. The molecule has 0 spiro atoms. The van der Waals surface area contributed by atoms with Crippen LogP contribution in [0.5, 0.6) is 0 Å².